The van der Waals surface area contributed by atoms with Crippen LogP contribution in [0.2, 0.25) is 0 Å². The molecule has 0 aromatic heterocycles. The van der Waals surface area contributed by atoms with E-state index >= 15 is 0 Å². The van der Waals surface area contributed by atoms with Crippen molar-refractivity contribution in [3.8, 4) is 0 Å². The van der Waals surface area contributed by atoms with Crippen LogP contribution in [0.1, 0.15) is 19.4 Å². The molecule has 4 N–H and O–H groups in total. The normalized spacial score (nSPS) is 30.2. The van der Waals surface area contributed by atoms with Gasteiger partial charge in [0, 0.05) is 76.2 Å². The van der Waals surface area contributed by atoms with E-state index in [-0.39, 0.29) is 30.0 Å². The summed E-state index contributed by atoms with van der Waals surface area (Å²) in [5, 5.41) is 5.79. The Kier molecular flexibility index (Phi) is 7.17. The third-order valence-electron chi connectivity index (χ3n) is 8.56. The van der Waals surface area contributed by atoms with Crippen molar-refractivity contribution >= 4 is 23.7 Å². The number of anilines is 1. The van der Waals surface area contributed by atoms with Gasteiger partial charge in [0.15, 0.2) is 0 Å². The number of likely N-dealkylation sites (tertiary alicyclic amines) is 1. The Morgan fingerprint density at radius 2 is 1.82 bits per heavy atom. The van der Waals surface area contributed by atoms with E-state index in [9.17, 15) is 14.4 Å². The molecule has 2 saturated heterocycles. The van der Waals surface area contributed by atoms with Crippen LogP contribution in [0, 0.1) is 11.3 Å². The molecule has 210 valence electrons. The van der Waals surface area contributed by atoms with Crippen molar-refractivity contribution in [2.45, 2.75) is 32.1 Å². The summed E-state index contributed by atoms with van der Waals surface area (Å²) in [5.74, 6) is 0.445. The first-order chi connectivity index (χ1) is 18.5. The molecule has 0 spiro atoms. The number of hydrogen-bond acceptors (Lipinski definition) is 6. The molecule has 5 amide bonds. The van der Waals surface area contributed by atoms with Crippen molar-refractivity contribution in [1.82, 2.24) is 25.3 Å². The first-order valence-corrected chi connectivity index (χ1v) is 13.4. The number of nitrogens with two attached hydrogens (primary N) is 1. The van der Waals surface area contributed by atoms with E-state index in [1.165, 1.54) is 17.6 Å². The van der Waals surface area contributed by atoms with Gasteiger partial charge in [-0.2, -0.15) is 0 Å². The zero-order chi connectivity index (χ0) is 27.9. The molecule has 3 aliphatic heterocycles. The Balaban J connectivity index is 1.12. The molecule has 0 radical (unpaired) electrons. The molecule has 0 bridgehead atoms. The Labute approximate surface area is 229 Å². The minimum absolute atomic E-state index is 0.161. The van der Waals surface area contributed by atoms with Crippen LogP contribution in [0.3, 0.4) is 0 Å². The Hall–Kier alpha value is -3.41. The molecule has 3 heterocycles. The SMILES string of the molecule is C=C(COC)C(=O)N1CCN(C(=O)NC2(C)C=CN(c3ccc(CN4CC5C(N)C5(C)C4)cc3)C(=O)N2)CC1. The predicted molar refractivity (Wildman–Crippen MR) is 148 cm³/mol. The maximum atomic E-state index is 13.0. The highest BCUT2D eigenvalue weighted by Gasteiger charge is 2.63. The molecule has 5 rings (SSSR count). The molecule has 4 aliphatic rings. The highest BCUT2D eigenvalue weighted by Crippen LogP contribution is 2.56. The minimum Gasteiger partial charge on any atom is -0.380 e. The van der Waals surface area contributed by atoms with E-state index in [4.69, 9.17) is 10.5 Å². The summed E-state index contributed by atoms with van der Waals surface area (Å²) in [4.78, 5) is 45.6. The molecule has 1 saturated carbocycles. The molecular weight excluding hydrogens is 498 g/mol. The van der Waals surface area contributed by atoms with E-state index in [1.54, 1.807) is 29.0 Å². The summed E-state index contributed by atoms with van der Waals surface area (Å²) in [6, 6.07) is 7.67. The monoisotopic (exact) mass is 537 g/mol. The van der Waals surface area contributed by atoms with E-state index in [1.807, 2.05) is 24.3 Å². The third kappa shape index (κ3) is 5.39. The molecule has 4 atom stereocenters. The molecule has 11 heteroatoms. The largest absolute Gasteiger partial charge is 0.380 e. The summed E-state index contributed by atoms with van der Waals surface area (Å²) >= 11 is 0. The minimum atomic E-state index is -1.04. The summed E-state index contributed by atoms with van der Waals surface area (Å²) < 4.78 is 4.98. The van der Waals surface area contributed by atoms with Crippen molar-refractivity contribution in [1.29, 1.82) is 0 Å². The first kappa shape index (κ1) is 27.2. The van der Waals surface area contributed by atoms with Gasteiger partial charge in [-0.1, -0.05) is 25.6 Å². The number of hydrogen-bond donors (Lipinski definition) is 3. The molecule has 11 nitrogen and oxygen atoms in total. The fourth-order valence-corrected chi connectivity index (χ4v) is 5.97. The van der Waals surface area contributed by atoms with Gasteiger partial charge in [0.2, 0.25) is 0 Å². The van der Waals surface area contributed by atoms with Gasteiger partial charge in [-0.25, -0.2) is 9.59 Å². The lowest BCUT2D eigenvalue weighted by Crippen LogP contribution is -2.65. The average molecular weight is 538 g/mol. The van der Waals surface area contributed by atoms with E-state index in [0.29, 0.717) is 43.7 Å². The molecule has 1 aromatic carbocycles. The van der Waals surface area contributed by atoms with Crippen LogP contribution >= 0.6 is 0 Å². The predicted octanol–water partition coefficient (Wildman–Crippen LogP) is 1.28. The van der Waals surface area contributed by atoms with Gasteiger partial charge in [-0.15, -0.1) is 0 Å². The zero-order valence-corrected chi connectivity index (χ0v) is 23.0. The number of carbonyl (C=O) groups excluding carboxylic acids is 3. The second-order valence-corrected chi connectivity index (χ2v) is 11.5. The lowest BCUT2D eigenvalue weighted by atomic mass is 10.1. The number of nitrogens with one attached hydrogen (secondary N) is 2. The van der Waals surface area contributed by atoms with Crippen molar-refractivity contribution in [3.05, 3.63) is 54.3 Å². The van der Waals surface area contributed by atoms with Crippen LogP contribution in [0.15, 0.2) is 48.7 Å². The van der Waals surface area contributed by atoms with Gasteiger partial charge in [0.1, 0.15) is 5.66 Å². The lowest BCUT2D eigenvalue weighted by Gasteiger charge is -2.39. The van der Waals surface area contributed by atoms with Crippen LogP contribution in [0.5, 0.6) is 0 Å². The number of rotatable bonds is 7. The lowest BCUT2D eigenvalue weighted by molar-refractivity contribution is -0.129. The maximum Gasteiger partial charge on any atom is 0.328 e. The first-order valence-electron chi connectivity index (χ1n) is 13.4. The standard InChI is InChI=1S/C28H39N7O4/c1-19(17-39-4)24(36)33-11-13-34(14-12-33)25(37)30-28(3)9-10-35(26(38)31-28)21-7-5-20(6-8-21)15-32-16-22-23(29)27(22,2)18-32/h5-10,22-23H,1,11-18,29H2,2-4H3,(H,30,37)(H,31,38). The fourth-order valence-electron chi connectivity index (χ4n) is 5.97. The Morgan fingerprint density at radius 3 is 2.41 bits per heavy atom. The summed E-state index contributed by atoms with van der Waals surface area (Å²) in [7, 11) is 1.52. The van der Waals surface area contributed by atoms with Crippen LogP contribution in [0.25, 0.3) is 0 Å². The molecule has 3 fully saturated rings. The summed E-state index contributed by atoms with van der Waals surface area (Å²) in [6.07, 6.45) is 3.44. The van der Waals surface area contributed by atoms with Crippen molar-refractivity contribution in [3.63, 3.8) is 0 Å². The number of benzene rings is 1. The average Bonchev–Trinajstić information content (AvgIpc) is 3.22. The summed E-state index contributed by atoms with van der Waals surface area (Å²) in [6.45, 7) is 12.5. The van der Waals surface area contributed by atoms with Gasteiger partial charge in [0.05, 0.1) is 12.3 Å². The second-order valence-electron chi connectivity index (χ2n) is 11.5. The van der Waals surface area contributed by atoms with Crippen molar-refractivity contribution in [2.24, 2.45) is 17.1 Å². The van der Waals surface area contributed by atoms with Crippen LogP contribution < -0.4 is 21.3 Å². The Morgan fingerprint density at radius 1 is 1.15 bits per heavy atom. The number of piperazine rings is 1. The van der Waals surface area contributed by atoms with Gasteiger partial charge >= 0.3 is 12.1 Å². The van der Waals surface area contributed by atoms with Crippen LogP contribution in [-0.2, 0) is 16.1 Å². The molecular formula is C28H39N7O4. The van der Waals surface area contributed by atoms with E-state index < -0.39 is 5.66 Å². The topological polar surface area (TPSA) is 123 Å². The zero-order valence-electron chi connectivity index (χ0n) is 23.0. The molecule has 39 heavy (non-hydrogen) atoms. The number of carbonyl (C=O) groups is 3. The number of piperidine rings is 1. The fraction of sp³-hybridized carbons (Fsp3) is 0.536. The Bertz CT molecular complexity index is 1180. The number of fused-ring (bicyclic) bond motifs is 1. The van der Waals surface area contributed by atoms with Crippen molar-refractivity contribution < 1.29 is 19.1 Å². The van der Waals surface area contributed by atoms with Crippen molar-refractivity contribution in [2.75, 3.05) is 57.9 Å². The number of nitrogens with zero attached hydrogens (tertiary/aromatic N) is 4. The second kappa shape index (κ2) is 10.3. The number of amides is 5. The quantitative estimate of drug-likeness (QED) is 0.451. The summed E-state index contributed by atoms with van der Waals surface area (Å²) in [5.41, 5.74) is 7.73. The highest BCUT2D eigenvalue weighted by molar-refractivity contribution is 5.96. The van der Waals surface area contributed by atoms with Gasteiger partial charge in [-0.05, 0) is 36.6 Å². The maximum absolute atomic E-state index is 13.0. The number of ether oxygens (including phenoxy) is 1. The van der Waals surface area contributed by atoms with E-state index in [2.05, 4.69) is 29.0 Å². The van der Waals surface area contributed by atoms with Gasteiger partial charge in [-0.3, -0.25) is 14.6 Å². The van der Waals surface area contributed by atoms with Gasteiger partial charge < -0.3 is 30.9 Å². The van der Waals surface area contributed by atoms with Crippen LogP contribution in [-0.4, -0.2) is 97.4 Å². The molecule has 4 unspecified atom stereocenters. The third-order valence-corrected chi connectivity index (χ3v) is 8.56. The van der Waals surface area contributed by atoms with E-state index in [0.717, 1.165) is 25.3 Å². The van der Waals surface area contributed by atoms with Crippen LogP contribution in [0.4, 0.5) is 15.3 Å². The smallest absolute Gasteiger partial charge is 0.328 e. The number of methoxy groups -OCH3 is 1. The molecule has 1 aromatic rings. The number of urea groups is 2. The van der Waals surface area contributed by atoms with Gasteiger partial charge in [0.25, 0.3) is 5.91 Å². The molecule has 1 aliphatic carbocycles. The highest BCUT2D eigenvalue weighted by atomic mass is 16.5.